The minimum atomic E-state index is 0.0405. The summed E-state index contributed by atoms with van der Waals surface area (Å²) in [5, 5.41) is 10.3. The first kappa shape index (κ1) is 18.3. The summed E-state index contributed by atoms with van der Waals surface area (Å²) >= 11 is 1.45. The smallest absolute Gasteiger partial charge is 0.264 e. The van der Waals surface area contributed by atoms with E-state index in [1.54, 1.807) is 18.3 Å². The van der Waals surface area contributed by atoms with E-state index in [0.717, 1.165) is 32.2 Å². The fraction of sp³-hybridized carbons (Fsp3) is 0.350. The fourth-order valence-corrected chi connectivity index (χ4v) is 4.92. The lowest BCUT2D eigenvalue weighted by molar-refractivity contribution is 0.0751. The third kappa shape index (κ3) is 3.08. The Labute approximate surface area is 167 Å². The number of aryl methyl sites for hydroxylation is 3. The zero-order chi connectivity index (χ0) is 19.8. The van der Waals surface area contributed by atoms with Crippen LogP contribution in [0.1, 0.15) is 32.3 Å². The van der Waals surface area contributed by atoms with Crippen molar-refractivity contribution in [3.8, 4) is 6.07 Å². The fourth-order valence-electron chi connectivity index (χ4n) is 3.68. The van der Waals surface area contributed by atoms with E-state index in [-0.39, 0.29) is 5.91 Å². The van der Waals surface area contributed by atoms with Crippen LogP contribution in [0.25, 0.3) is 10.2 Å². The molecule has 0 unspecified atom stereocenters. The van der Waals surface area contributed by atoms with Crippen LogP contribution < -0.4 is 4.90 Å². The normalized spacial score (nSPS) is 14.4. The number of hydrogen-bond acceptors (Lipinski definition) is 7. The summed E-state index contributed by atoms with van der Waals surface area (Å²) in [6.45, 7) is 8.30. The number of fused-ring (bicyclic) bond motifs is 1. The van der Waals surface area contributed by atoms with Gasteiger partial charge in [0.25, 0.3) is 5.91 Å². The Balaban J connectivity index is 1.55. The molecule has 4 heterocycles. The molecule has 1 saturated heterocycles. The van der Waals surface area contributed by atoms with Crippen LogP contribution in [0.5, 0.6) is 0 Å². The lowest BCUT2D eigenvalue weighted by Gasteiger charge is -2.35. The second-order valence-electron chi connectivity index (χ2n) is 6.86. The molecule has 0 radical (unpaired) electrons. The van der Waals surface area contributed by atoms with Gasteiger partial charge in [0.15, 0.2) is 0 Å². The van der Waals surface area contributed by atoms with Crippen molar-refractivity contribution in [2.45, 2.75) is 20.8 Å². The van der Waals surface area contributed by atoms with Gasteiger partial charge in [-0.25, -0.2) is 15.0 Å². The van der Waals surface area contributed by atoms with Gasteiger partial charge in [0.05, 0.1) is 10.4 Å². The molecule has 1 aliphatic heterocycles. The minimum absolute atomic E-state index is 0.0405. The Hall–Kier alpha value is -3.05. The zero-order valence-electron chi connectivity index (χ0n) is 16.1. The van der Waals surface area contributed by atoms with Crippen LogP contribution in [0.15, 0.2) is 18.3 Å². The Morgan fingerprint density at radius 2 is 1.93 bits per heavy atom. The van der Waals surface area contributed by atoms with Crippen LogP contribution in [0, 0.1) is 32.1 Å². The number of nitrogens with zero attached hydrogens (tertiary/aromatic N) is 6. The van der Waals surface area contributed by atoms with E-state index in [1.807, 2.05) is 25.7 Å². The Morgan fingerprint density at radius 1 is 1.18 bits per heavy atom. The molecule has 1 aliphatic rings. The highest BCUT2D eigenvalue weighted by molar-refractivity contribution is 7.20. The van der Waals surface area contributed by atoms with Crippen LogP contribution in [-0.2, 0) is 0 Å². The number of pyridine rings is 1. The first-order valence-electron chi connectivity index (χ1n) is 9.13. The molecule has 3 aromatic rings. The molecule has 7 nitrogen and oxygen atoms in total. The van der Waals surface area contributed by atoms with Gasteiger partial charge in [0.1, 0.15) is 22.5 Å². The van der Waals surface area contributed by atoms with Gasteiger partial charge < -0.3 is 9.80 Å². The monoisotopic (exact) mass is 392 g/mol. The summed E-state index contributed by atoms with van der Waals surface area (Å²) in [5.41, 5.74) is 2.44. The molecule has 3 aromatic heterocycles. The van der Waals surface area contributed by atoms with Gasteiger partial charge in [0.2, 0.25) is 0 Å². The molecule has 4 rings (SSSR count). The number of hydrogen-bond donors (Lipinski definition) is 0. The molecule has 0 atom stereocenters. The number of rotatable bonds is 2. The molecule has 0 N–H and O–H groups in total. The number of aromatic nitrogens is 3. The highest BCUT2D eigenvalue weighted by atomic mass is 32.1. The zero-order valence-corrected chi connectivity index (χ0v) is 16.9. The van der Waals surface area contributed by atoms with Gasteiger partial charge in [-0.2, -0.15) is 5.26 Å². The molecule has 0 aromatic carbocycles. The van der Waals surface area contributed by atoms with Gasteiger partial charge in [0, 0.05) is 43.5 Å². The van der Waals surface area contributed by atoms with Gasteiger partial charge in [-0.15, -0.1) is 11.3 Å². The number of carbonyl (C=O) groups excluding carboxylic acids is 1. The van der Waals surface area contributed by atoms with Crippen LogP contribution in [0.4, 0.5) is 5.82 Å². The topological polar surface area (TPSA) is 86.0 Å². The second-order valence-corrected chi connectivity index (χ2v) is 7.86. The predicted octanol–water partition coefficient (Wildman–Crippen LogP) is 2.85. The Morgan fingerprint density at radius 3 is 2.64 bits per heavy atom. The summed E-state index contributed by atoms with van der Waals surface area (Å²) in [5.74, 6) is 1.46. The molecule has 0 aliphatic carbocycles. The number of thiophene rings is 1. The average molecular weight is 392 g/mol. The molecule has 1 amide bonds. The van der Waals surface area contributed by atoms with Gasteiger partial charge in [-0.1, -0.05) is 0 Å². The summed E-state index contributed by atoms with van der Waals surface area (Å²) < 4.78 is 0. The third-order valence-corrected chi connectivity index (χ3v) is 6.22. The van der Waals surface area contributed by atoms with E-state index in [2.05, 4.69) is 25.9 Å². The van der Waals surface area contributed by atoms with E-state index in [1.165, 1.54) is 11.3 Å². The second kappa shape index (κ2) is 7.17. The van der Waals surface area contributed by atoms with Gasteiger partial charge in [-0.05, 0) is 38.5 Å². The van der Waals surface area contributed by atoms with Crippen molar-refractivity contribution in [2.75, 3.05) is 31.1 Å². The third-order valence-electron chi connectivity index (χ3n) is 5.05. The maximum Gasteiger partial charge on any atom is 0.264 e. The van der Waals surface area contributed by atoms with Crippen molar-refractivity contribution in [2.24, 2.45) is 0 Å². The van der Waals surface area contributed by atoms with Crippen LogP contribution in [0.3, 0.4) is 0 Å². The molecular formula is C20H20N6OS. The van der Waals surface area contributed by atoms with Crippen molar-refractivity contribution in [1.82, 2.24) is 19.9 Å². The molecule has 8 heteroatoms. The average Bonchev–Trinajstić information content (AvgIpc) is 3.04. The molecule has 0 saturated carbocycles. The SMILES string of the molecule is Cc1nc(C)c2c(C)c(C(=O)N3CCN(c4ncccc4C#N)CC3)sc2n1. The standard InChI is InChI=1S/C20H20N6OS/c1-12-16-13(2)23-14(3)24-19(16)28-17(12)20(27)26-9-7-25(8-10-26)18-15(11-21)5-4-6-22-18/h4-6H,7-10H2,1-3H3. The molecular weight excluding hydrogens is 372 g/mol. The lowest BCUT2D eigenvalue weighted by Crippen LogP contribution is -2.49. The maximum atomic E-state index is 13.2. The van der Waals surface area contributed by atoms with E-state index in [0.29, 0.717) is 37.6 Å². The first-order valence-corrected chi connectivity index (χ1v) is 9.95. The predicted molar refractivity (Wildman–Crippen MR) is 109 cm³/mol. The quantitative estimate of drug-likeness (QED) is 0.667. The number of piperazine rings is 1. The van der Waals surface area contributed by atoms with Crippen LogP contribution in [0.2, 0.25) is 0 Å². The van der Waals surface area contributed by atoms with Gasteiger partial charge in [-0.3, -0.25) is 4.79 Å². The Bertz CT molecular complexity index is 1110. The Kier molecular flexibility index (Phi) is 4.69. The molecule has 1 fully saturated rings. The molecule has 142 valence electrons. The molecule has 28 heavy (non-hydrogen) atoms. The number of carbonyl (C=O) groups is 1. The maximum absolute atomic E-state index is 13.2. The minimum Gasteiger partial charge on any atom is -0.352 e. The van der Waals surface area contributed by atoms with Crippen molar-refractivity contribution >= 4 is 33.3 Å². The van der Waals surface area contributed by atoms with E-state index in [4.69, 9.17) is 0 Å². The van der Waals surface area contributed by atoms with Crippen molar-refractivity contribution in [3.05, 3.63) is 45.9 Å². The highest BCUT2D eigenvalue weighted by Crippen LogP contribution is 2.32. The molecule has 0 bridgehead atoms. The summed E-state index contributed by atoms with van der Waals surface area (Å²) in [6.07, 6.45) is 1.69. The van der Waals surface area contributed by atoms with Crippen molar-refractivity contribution in [1.29, 1.82) is 5.26 Å². The van der Waals surface area contributed by atoms with Crippen LogP contribution >= 0.6 is 11.3 Å². The number of nitriles is 1. The van der Waals surface area contributed by atoms with Crippen molar-refractivity contribution < 1.29 is 4.79 Å². The summed E-state index contributed by atoms with van der Waals surface area (Å²) in [4.78, 5) is 32.0. The largest absolute Gasteiger partial charge is 0.352 e. The van der Waals surface area contributed by atoms with E-state index >= 15 is 0 Å². The highest BCUT2D eigenvalue weighted by Gasteiger charge is 2.27. The lowest BCUT2D eigenvalue weighted by atomic mass is 10.1. The van der Waals surface area contributed by atoms with Crippen molar-refractivity contribution in [3.63, 3.8) is 0 Å². The summed E-state index contributed by atoms with van der Waals surface area (Å²) in [7, 11) is 0. The molecule has 0 spiro atoms. The number of anilines is 1. The van der Waals surface area contributed by atoms with E-state index < -0.39 is 0 Å². The van der Waals surface area contributed by atoms with E-state index in [9.17, 15) is 10.1 Å². The van der Waals surface area contributed by atoms with Crippen LogP contribution in [-0.4, -0.2) is 51.9 Å². The van der Waals surface area contributed by atoms with Gasteiger partial charge >= 0.3 is 0 Å². The first-order chi connectivity index (χ1) is 13.5. The number of amides is 1. The summed E-state index contributed by atoms with van der Waals surface area (Å²) in [6, 6.07) is 5.72.